The normalized spacial score (nSPS) is 10.2. The maximum atomic E-state index is 13.0. The van der Waals surface area contributed by atoms with Crippen molar-refractivity contribution >= 4 is 21.9 Å². The van der Waals surface area contributed by atoms with Crippen LogP contribution in [0.15, 0.2) is 46.9 Å². The second kappa shape index (κ2) is 7.08. The fourth-order valence-corrected chi connectivity index (χ4v) is 2.04. The largest absolute Gasteiger partial charge is 0.490 e. The Morgan fingerprint density at radius 2 is 1.90 bits per heavy atom. The molecular weight excluding hydrogens is 343 g/mol. The number of carboxylic acid groups (broad SMARTS) is 1. The number of hydrogen-bond donors (Lipinski definition) is 1. The van der Waals surface area contributed by atoms with Gasteiger partial charge in [0, 0.05) is 4.47 Å². The van der Waals surface area contributed by atoms with E-state index >= 15 is 0 Å². The predicted molar refractivity (Wildman–Crippen MR) is 78.5 cm³/mol. The molecule has 4 nitrogen and oxygen atoms in total. The van der Waals surface area contributed by atoms with Crippen molar-refractivity contribution in [2.24, 2.45) is 0 Å². The third-order valence-corrected chi connectivity index (χ3v) is 3.07. The maximum Gasteiger partial charge on any atom is 0.339 e. The molecule has 110 valence electrons. The van der Waals surface area contributed by atoms with Crippen LogP contribution in [0.1, 0.15) is 10.4 Å². The SMILES string of the molecule is O=C(O)c1cc(F)ccc1OCCOc1cccc(Br)c1. The third-order valence-electron chi connectivity index (χ3n) is 2.58. The Bertz CT molecular complexity index is 645. The number of ether oxygens (including phenoxy) is 2. The monoisotopic (exact) mass is 354 g/mol. The zero-order valence-electron chi connectivity index (χ0n) is 10.9. The Morgan fingerprint density at radius 3 is 2.62 bits per heavy atom. The lowest BCUT2D eigenvalue weighted by Crippen LogP contribution is -2.11. The van der Waals surface area contributed by atoms with Crippen LogP contribution in [0.2, 0.25) is 0 Å². The quantitative estimate of drug-likeness (QED) is 0.802. The zero-order chi connectivity index (χ0) is 15.2. The van der Waals surface area contributed by atoms with Gasteiger partial charge in [-0.25, -0.2) is 9.18 Å². The Kier molecular flexibility index (Phi) is 5.16. The molecular formula is C15H12BrFO4. The molecule has 0 aliphatic carbocycles. The first-order valence-corrected chi connectivity index (χ1v) is 6.89. The summed E-state index contributed by atoms with van der Waals surface area (Å²) in [4.78, 5) is 11.0. The molecule has 1 N–H and O–H groups in total. The van der Waals surface area contributed by atoms with Gasteiger partial charge in [0.1, 0.15) is 36.1 Å². The first-order chi connectivity index (χ1) is 10.1. The summed E-state index contributed by atoms with van der Waals surface area (Å²) < 4.78 is 24.7. The molecule has 0 unspecified atom stereocenters. The lowest BCUT2D eigenvalue weighted by Gasteiger charge is -2.10. The molecule has 0 aliphatic heterocycles. The van der Waals surface area contributed by atoms with Crippen molar-refractivity contribution < 1.29 is 23.8 Å². The molecule has 0 heterocycles. The molecule has 0 bridgehead atoms. The summed E-state index contributed by atoms with van der Waals surface area (Å²) in [5, 5.41) is 8.97. The molecule has 0 aromatic heterocycles. The molecule has 21 heavy (non-hydrogen) atoms. The first kappa shape index (κ1) is 15.3. The van der Waals surface area contributed by atoms with E-state index in [4.69, 9.17) is 14.6 Å². The predicted octanol–water partition coefficient (Wildman–Crippen LogP) is 3.74. The smallest absolute Gasteiger partial charge is 0.339 e. The van der Waals surface area contributed by atoms with Crippen molar-refractivity contribution in [3.05, 3.63) is 58.3 Å². The van der Waals surface area contributed by atoms with E-state index in [1.165, 1.54) is 6.07 Å². The number of aromatic carboxylic acids is 1. The van der Waals surface area contributed by atoms with Gasteiger partial charge < -0.3 is 14.6 Å². The van der Waals surface area contributed by atoms with Gasteiger partial charge in [0.15, 0.2) is 0 Å². The minimum absolute atomic E-state index is 0.113. The second-order valence-corrected chi connectivity index (χ2v) is 5.02. The van der Waals surface area contributed by atoms with Crippen molar-refractivity contribution in [1.82, 2.24) is 0 Å². The van der Waals surface area contributed by atoms with Crippen LogP contribution in [0, 0.1) is 5.82 Å². The van der Waals surface area contributed by atoms with E-state index in [9.17, 15) is 9.18 Å². The van der Waals surface area contributed by atoms with Crippen LogP contribution in [0.3, 0.4) is 0 Å². The second-order valence-electron chi connectivity index (χ2n) is 4.10. The van der Waals surface area contributed by atoms with Crippen molar-refractivity contribution in [3.8, 4) is 11.5 Å². The van der Waals surface area contributed by atoms with Crippen LogP contribution in [-0.4, -0.2) is 24.3 Å². The third kappa shape index (κ3) is 4.46. The van der Waals surface area contributed by atoms with E-state index in [0.29, 0.717) is 5.75 Å². The van der Waals surface area contributed by atoms with Crippen molar-refractivity contribution in [3.63, 3.8) is 0 Å². The average molecular weight is 355 g/mol. The minimum atomic E-state index is -1.24. The molecule has 2 aromatic rings. The highest BCUT2D eigenvalue weighted by Gasteiger charge is 2.12. The summed E-state index contributed by atoms with van der Waals surface area (Å²) in [5.74, 6) is -1.07. The molecule has 0 amide bonds. The van der Waals surface area contributed by atoms with E-state index in [1.54, 1.807) is 12.1 Å². The van der Waals surface area contributed by atoms with Gasteiger partial charge in [0.2, 0.25) is 0 Å². The molecule has 2 rings (SSSR count). The first-order valence-electron chi connectivity index (χ1n) is 6.10. The fourth-order valence-electron chi connectivity index (χ4n) is 1.66. The van der Waals surface area contributed by atoms with Gasteiger partial charge in [-0.15, -0.1) is 0 Å². The minimum Gasteiger partial charge on any atom is -0.490 e. The van der Waals surface area contributed by atoms with Crippen molar-refractivity contribution in [2.45, 2.75) is 0 Å². The van der Waals surface area contributed by atoms with E-state index < -0.39 is 11.8 Å². The van der Waals surface area contributed by atoms with Gasteiger partial charge in [-0.1, -0.05) is 22.0 Å². The molecule has 0 radical (unpaired) electrons. The number of benzene rings is 2. The molecule has 2 aromatic carbocycles. The van der Waals surface area contributed by atoms with Gasteiger partial charge in [-0.05, 0) is 36.4 Å². The summed E-state index contributed by atoms with van der Waals surface area (Å²) >= 11 is 3.33. The van der Waals surface area contributed by atoms with Gasteiger partial charge in [-0.3, -0.25) is 0 Å². The molecule has 6 heteroatoms. The van der Waals surface area contributed by atoms with Crippen molar-refractivity contribution in [2.75, 3.05) is 13.2 Å². The Labute approximate surface area is 129 Å². The summed E-state index contributed by atoms with van der Waals surface area (Å²) in [6, 6.07) is 10.7. The van der Waals surface area contributed by atoms with Crippen LogP contribution >= 0.6 is 15.9 Å². The van der Waals surface area contributed by atoms with Crippen LogP contribution in [-0.2, 0) is 0 Å². The number of carbonyl (C=O) groups is 1. The molecule has 0 aliphatic rings. The standard InChI is InChI=1S/C15H12BrFO4/c16-10-2-1-3-12(8-10)20-6-7-21-14-5-4-11(17)9-13(14)15(18)19/h1-5,8-9H,6-7H2,(H,18,19). The summed E-state index contributed by atoms with van der Waals surface area (Å²) in [6.45, 7) is 0.394. The molecule has 0 spiro atoms. The molecule has 0 saturated heterocycles. The van der Waals surface area contributed by atoms with Crippen molar-refractivity contribution in [1.29, 1.82) is 0 Å². The number of halogens is 2. The molecule has 0 saturated carbocycles. The van der Waals surface area contributed by atoms with Crippen LogP contribution in [0.25, 0.3) is 0 Å². The maximum absolute atomic E-state index is 13.0. The fraction of sp³-hybridized carbons (Fsp3) is 0.133. The lowest BCUT2D eigenvalue weighted by molar-refractivity contribution is 0.0690. The molecule has 0 atom stereocenters. The van der Waals surface area contributed by atoms with Crippen LogP contribution < -0.4 is 9.47 Å². The highest BCUT2D eigenvalue weighted by Crippen LogP contribution is 2.20. The van der Waals surface area contributed by atoms with Crippen LogP contribution in [0.4, 0.5) is 4.39 Å². The van der Waals surface area contributed by atoms with E-state index in [1.807, 2.05) is 12.1 Å². The average Bonchev–Trinajstić information content (AvgIpc) is 2.44. The Balaban J connectivity index is 1.90. The summed E-state index contributed by atoms with van der Waals surface area (Å²) in [7, 11) is 0. The molecule has 0 fully saturated rings. The van der Waals surface area contributed by atoms with Gasteiger partial charge in [0.05, 0.1) is 0 Å². The number of hydrogen-bond acceptors (Lipinski definition) is 3. The summed E-state index contributed by atoms with van der Waals surface area (Å²) in [5.41, 5.74) is -0.211. The van der Waals surface area contributed by atoms with Gasteiger partial charge in [-0.2, -0.15) is 0 Å². The van der Waals surface area contributed by atoms with E-state index in [0.717, 1.165) is 16.6 Å². The van der Waals surface area contributed by atoms with Gasteiger partial charge in [0.25, 0.3) is 0 Å². The Hall–Kier alpha value is -2.08. The zero-order valence-corrected chi connectivity index (χ0v) is 12.5. The highest BCUT2D eigenvalue weighted by atomic mass is 79.9. The lowest BCUT2D eigenvalue weighted by atomic mass is 10.2. The van der Waals surface area contributed by atoms with Gasteiger partial charge >= 0.3 is 5.97 Å². The Morgan fingerprint density at radius 1 is 1.14 bits per heavy atom. The van der Waals surface area contributed by atoms with E-state index in [2.05, 4.69) is 15.9 Å². The number of rotatable bonds is 6. The number of carboxylic acids is 1. The van der Waals surface area contributed by atoms with E-state index in [-0.39, 0.29) is 24.5 Å². The summed E-state index contributed by atoms with van der Waals surface area (Å²) in [6.07, 6.45) is 0. The van der Waals surface area contributed by atoms with Crippen LogP contribution in [0.5, 0.6) is 11.5 Å². The topological polar surface area (TPSA) is 55.8 Å². The highest BCUT2D eigenvalue weighted by molar-refractivity contribution is 9.10.